The fourth-order valence-electron chi connectivity index (χ4n) is 2.48. The van der Waals surface area contributed by atoms with E-state index in [1.807, 2.05) is 12.1 Å². The lowest BCUT2D eigenvalue weighted by molar-refractivity contribution is 0.414. The second-order valence-electron chi connectivity index (χ2n) is 5.62. The molecule has 2 aromatic carbocycles. The molecule has 1 heterocycles. The van der Waals surface area contributed by atoms with E-state index < -0.39 is 11.4 Å². The van der Waals surface area contributed by atoms with Crippen molar-refractivity contribution in [2.45, 2.75) is 18.2 Å². The molecule has 3 rings (SSSR count). The van der Waals surface area contributed by atoms with Crippen LogP contribution in [0.25, 0.3) is 0 Å². The van der Waals surface area contributed by atoms with E-state index >= 15 is 0 Å². The summed E-state index contributed by atoms with van der Waals surface area (Å²) in [5, 5.41) is 0.0335. The number of ether oxygens (including phenoxy) is 1. The summed E-state index contributed by atoms with van der Waals surface area (Å²) in [4.78, 5) is 28.7. The summed E-state index contributed by atoms with van der Waals surface area (Å²) < 4.78 is 20.4. The van der Waals surface area contributed by atoms with E-state index in [0.717, 1.165) is 10.1 Å². The fraction of sp³-hybridized carbons (Fsp3) is 0.167. The average Bonchev–Trinajstić information content (AvgIpc) is 2.64. The number of thiol groups is 1. The number of methoxy groups -OCH3 is 1. The summed E-state index contributed by atoms with van der Waals surface area (Å²) in [7, 11) is 1.57. The molecule has 0 spiro atoms. The largest absolute Gasteiger partial charge is 0.497 e. The molecule has 0 bridgehead atoms. The Morgan fingerprint density at radius 3 is 2.08 bits per heavy atom. The molecule has 0 radical (unpaired) electrons. The summed E-state index contributed by atoms with van der Waals surface area (Å²) >= 11 is 4.16. The smallest absolute Gasteiger partial charge is 0.354 e. The van der Waals surface area contributed by atoms with Crippen LogP contribution in [0.3, 0.4) is 0 Å². The van der Waals surface area contributed by atoms with Crippen molar-refractivity contribution >= 4 is 12.6 Å². The van der Waals surface area contributed by atoms with Crippen LogP contribution in [0.4, 0.5) is 4.39 Å². The molecule has 0 saturated carbocycles. The number of aromatic nitrogens is 3. The molecule has 8 heteroatoms. The van der Waals surface area contributed by atoms with Crippen LogP contribution in [0.2, 0.25) is 0 Å². The zero-order valence-corrected chi connectivity index (χ0v) is 14.8. The second kappa shape index (κ2) is 7.57. The van der Waals surface area contributed by atoms with E-state index in [9.17, 15) is 14.0 Å². The fourth-order valence-corrected chi connectivity index (χ4v) is 2.72. The van der Waals surface area contributed by atoms with Gasteiger partial charge >= 0.3 is 11.4 Å². The van der Waals surface area contributed by atoms with Gasteiger partial charge in [0, 0.05) is 0 Å². The third kappa shape index (κ3) is 3.85. The van der Waals surface area contributed by atoms with Crippen LogP contribution in [-0.2, 0) is 13.1 Å². The second-order valence-corrected chi connectivity index (χ2v) is 6.02. The van der Waals surface area contributed by atoms with Gasteiger partial charge in [-0.05, 0) is 35.4 Å². The Labute approximate surface area is 153 Å². The van der Waals surface area contributed by atoms with Crippen molar-refractivity contribution in [2.75, 3.05) is 7.11 Å². The van der Waals surface area contributed by atoms with E-state index in [1.54, 1.807) is 19.2 Å². The van der Waals surface area contributed by atoms with Crippen molar-refractivity contribution in [1.29, 1.82) is 0 Å². The van der Waals surface area contributed by atoms with Crippen LogP contribution in [0.1, 0.15) is 11.1 Å². The van der Waals surface area contributed by atoms with E-state index in [2.05, 4.69) is 17.6 Å². The van der Waals surface area contributed by atoms with Crippen LogP contribution in [-0.4, -0.2) is 21.2 Å². The van der Waals surface area contributed by atoms with Gasteiger partial charge in [-0.2, -0.15) is 4.98 Å². The lowest BCUT2D eigenvalue weighted by Gasteiger charge is -2.12. The van der Waals surface area contributed by atoms with Gasteiger partial charge in [-0.3, -0.25) is 4.57 Å². The Hall–Kier alpha value is -2.87. The molecule has 0 unspecified atom stereocenters. The van der Waals surface area contributed by atoms with Gasteiger partial charge in [0.2, 0.25) is 0 Å². The third-order valence-corrected chi connectivity index (χ3v) is 4.22. The summed E-state index contributed by atoms with van der Waals surface area (Å²) in [6, 6.07) is 12.8. The van der Waals surface area contributed by atoms with Crippen LogP contribution >= 0.6 is 12.6 Å². The molecule has 0 N–H and O–H groups in total. The summed E-state index contributed by atoms with van der Waals surface area (Å²) in [5.74, 6) is 0.313. The Balaban J connectivity index is 1.96. The minimum Gasteiger partial charge on any atom is -0.497 e. The quantitative estimate of drug-likeness (QED) is 0.694. The topological polar surface area (TPSA) is 66.1 Å². The van der Waals surface area contributed by atoms with Crippen molar-refractivity contribution in [3.63, 3.8) is 0 Å². The zero-order valence-electron chi connectivity index (χ0n) is 13.9. The molecule has 134 valence electrons. The highest BCUT2D eigenvalue weighted by atomic mass is 32.1. The highest BCUT2D eigenvalue weighted by molar-refractivity contribution is 7.80. The Morgan fingerprint density at radius 1 is 0.962 bits per heavy atom. The SMILES string of the molecule is COc1ccc(Cn2c(S)nc(=O)n(Cc3ccc(F)cc3)c2=O)cc1. The molecule has 0 fully saturated rings. The molecule has 0 amide bonds. The Morgan fingerprint density at radius 2 is 1.50 bits per heavy atom. The van der Waals surface area contributed by atoms with Gasteiger partial charge in [0.1, 0.15) is 11.6 Å². The first-order valence-corrected chi connectivity index (χ1v) is 8.20. The number of rotatable bonds is 5. The Bertz CT molecular complexity index is 1030. The number of halogens is 1. The molecule has 0 aliphatic heterocycles. The maximum atomic E-state index is 13.0. The molecule has 0 aliphatic carbocycles. The van der Waals surface area contributed by atoms with E-state index in [4.69, 9.17) is 4.74 Å². The van der Waals surface area contributed by atoms with Crippen molar-refractivity contribution < 1.29 is 9.13 Å². The lowest BCUT2D eigenvalue weighted by atomic mass is 10.2. The first-order chi connectivity index (χ1) is 12.5. The molecule has 0 aliphatic rings. The van der Waals surface area contributed by atoms with Crippen LogP contribution < -0.4 is 16.1 Å². The first-order valence-electron chi connectivity index (χ1n) is 7.76. The zero-order chi connectivity index (χ0) is 18.7. The maximum Gasteiger partial charge on any atom is 0.354 e. The normalized spacial score (nSPS) is 10.7. The van der Waals surface area contributed by atoms with Gasteiger partial charge in [0.05, 0.1) is 20.2 Å². The summed E-state index contributed by atoms with van der Waals surface area (Å²) in [5.41, 5.74) is 0.220. The number of benzene rings is 2. The number of nitrogens with zero attached hydrogens (tertiary/aromatic N) is 3. The Kier molecular flexibility index (Phi) is 5.22. The molecule has 3 aromatic rings. The molecular weight excluding hydrogens is 357 g/mol. The third-order valence-electron chi connectivity index (χ3n) is 3.88. The van der Waals surface area contributed by atoms with Crippen molar-refractivity contribution in [3.05, 3.63) is 86.4 Å². The van der Waals surface area contributed by atoms with Gasteiger partial charge in [0.25, 0.3) is 0 Å². The predicted octanol–water partition coefficient (Wildman–Crippen LogP) is 1.94. The van der Waals surface area contributed by atoms with Crippen molar-refractivity contribution in [1.82, 2.24) is 14.1 Å². The monoisotopic (exact) mass is 373 g/mol. The maximum absolute atomic E-state index is 13.0. The predicted molar refractivity (Wildman–Crippen MR) is 97.6 cm³/mol. The van der Waals surface area contributed by atoms with Gasteiger partial charge in [-0.25, -0.2) is 18.5 Å². The molecular formula is C18H16FN3O3S. The number of hydrogen-bond acceptors (Lipinski definition) is 5. The van der Waals surface area contributed by atoms with E-state index in [0.29, 0.717) is 11.3 Å². The van der Waals surface area contributed by atoms with Crippen LogP contribution in [0, 0.1) is 5.82 Å². The van der Waals surface area contributed by atoms with Gasteiger partial charge in [-0.1, -0.05) is 24.3 Å². The highest BCUT2D eigenvalue weighted by Crippen LogP contribution is 2.12. The van der Waals surface area contributed by atoms with Gasteiger partial charge in [0.15, 0.2) is 5.16 Å². The number of hydrogen-bond donors (Lipinski definition) is 1. The molecule has 0 saturated heterocycles. The molecule has 1 aromatic heterocycles. The van der Waals surface area contributed by atoms with Crippen LogP contribution in [0.5, 0.6) is 5.75 Å². The van der Waals surface area contributed by atoms with Gasteiger partial charge in [-0.15, -0.1) is 12.6 Å². The molecule has 26 heavy (non-hydrogen) atoms. The molecule has 6 nitrogen and oxygen atoms in total. The van der Waals surface area contributed by atoms with E-state index in [-0.39, 0.29) is 24.1 Å². The minimum absolute atomic E-state index is 0.00160. The highest BCUT2D eigenvalue weighted by Gasteiger charge is 2.12. The minimum atomic E-state index is -0.699. The van der Waals surface area contributed by atoms with Crippen molar-refractivity contribution in [3.8, 4) is 5.75 Å². The molecule has 0 atom stereocenters. The summed E-state index contributed by atoms with van der Waals surface area (Å²) in [6.07, 6.45) is 0. The van der Waals surface area contributed by atoms with E-state index in [1.165, 1.54) is 28.8 Å². The summed E-state index contributed by atoms with van der Waals surface area (Å²) in [6.45, 7) is 0.208. The first kappa shape index (κ1) is 17.9. The lowest BCUT2D eigenvalue weighted by Crippen LogP contribution is -2.42. The van der Waals surface area contributed by atoms with Crippen LogP contribution in [0.15, 0.2) is 63.3 Å². The van der Waals surface area contributed by atoms with Crippen molar-refractivity contribution in [2.24, 2.45) is 0 Å². The van der Waals surface area contributed by atoms with Gasteiger partial charge < -0.3 is 4.74 Å². The standard InChI is InChI=1S/C18H16FN3O3S/c1-25-15-8-4-13(5-9-15)11-22-17(26)20-16(23)21(18(22)24)10-12-2-6-14(19)7-3-12/h2-9H,10-11H2,1H3,(H,20,23,26). The average molecular weight is 373 g/mol.